The fourth-order valence-electron chi connectivity index (χ4n) is 2.23. The Kier molecular flexibility index (Phi) is 7.88. The molecule has 0 saturated carbocycles. The highest BCUT2D eigenvalue weighted by Gasteiger charge is 2.33. The van der Waals surface area contributed by atoms with E-state index in [0.29, 0.717) is 24.7 Å². The first-order chi connectivity index (χ1) is 13.4. The molecule has 7 nitrogen and oxygen atoms in total. The van der Waals surface area contributed by atoms with Gasteiger partial charge in [-0.25, -0.2) is 9.78 Å². The van der Waals surface area contributed by atoms with E-state index < -0.39 is 17.8 Å². The monoisotopic (exact) mass is 398 g/mol. The summed E-state index contributed by atoms with van der Waals surface area (Å²) in [5, 5.41) is 7.76. The number of para-hydroxylation sites is 2. The van der Waals surface area contributed by atoms with Crippen LogP contribution in [0.15, 0.2) is 42.6 Å². The van der Waals surface area contributed by atoms with Gasteiger partial charge >= 0.3 is 12.2 Å². The van der Waals surface area contributed by atoms with Crippen LogP contribution in [-0.4, -0.2) is 44.4 Å². The number of nitrogens with one attached hydrogen (secondary N) is 3. The number of rotatable bonds is 9. The molecule has 1 heterocycles. The van der Waals surface area contributed by atoms with Gasteiger partial charge < -0.3 is 25.4 Å². The Morgan fingerprint density at radius 1 is 1.11 bits per heavy atom. The summed E-state index contributed by atoms with van der Waals surface area (Å²) in [7, 11) is 1.55. The summed E-state index contributed by atoms with van der Waals surface area (Å²) in [4.78, 5) is 15.7. The molecular formula is C18H21F3N4O3. The van der Waals surface area contributed by atoms with Gasteiger partial charge in [-0.1, -0.05) is 12.1 Å². The smallest absolute Gasteiger partial charge is 0.419 e. The molecule has 2 rings (SSSR count). The molecule has 0 radical (unpaired) electrons. The Hall–Kier alpha value is -3.01. The van der Waals surface area contributed by atoms with E-state index in [1.807, 2.05) is 0 Å². The number of carbonyl (C=O) groups excluding carboxylic acids is 1. The molecular weight excluding hydrogens is 377 g/mol. The first kappa shape index (κ1) is 21.3. The lowest BCUT2D eigenvalue weighted by Crippen LogP contribution is -2.33. The van der Waals surface area contributed by atoms with Gasteiger partial charge in [-0.2, -0.15) is 13.2 Å². The van der Waals surface area contributed by atoms with Crippen molar-refractivity contribution < 1.29 is 27.4 Å². The number of anilines is 2. The Morgan fingerprint density at radius 2 is 1.89 bits per heavy atom. The topological polar surface area (TPSA) is 84.5 Å². The molecule has 2 amide bonds. The van der Waals surface area contributed by atoms with Crippen molar-refractivity contribution in [2.45, 2.75) is 6.18 Å². The number of aromatic nitrogens is 1. The predicted octanol–water partition coefficient (Wildman–Crippen LogP) is 3.36. The van der Waals surface area contributed by atoms with E-state index in [2.05, 4.69) is 20.9 Å². The number of benzene rings is 1. The number of hydrogen-bond acceptors (Lipinski definition) is 5. The van der Waals surface area contributed by atoms with Crippen molar-refractivity contribution in [2.24, 2.45) is 0 Å². The van der Waals surface area contributed by atoms with E-state index in [1.165, 1.54) is 12.3 Å². The fourth-order valence-corrected chi connectivity index (χ4v) is 2.23. The lowest BCUT2D eigenvalue weighted by Gasteiger charge is -2.14. The van der Waals surface area contributed by atoms with Crippen molar-refractivity contribution in [3.05, 3.63) is 48.2 Å². The van der Waals surface area contributed by atoms with Crippen molar-refractivity contribution in [1.29, 1.82) is 0 Å². The molecule has 0 saturated heterocycles. The highest BCUT2D eigenvalue weighted by Crippen LogP contribution is 2.33. The van der Waals surface area contributed by atoms with E-state index >= 15 is 0 Å². The summed E-state index contributed by atoms with van der Waals surface area (Å²) < 4.78 is 49.1. The zero-order chi connectivity index (χ0) is 20.4. The molecule has 0 aliphatic carbocycles. The third-order valence-corrected chi connectivity index (χ3v) is 3.50. The van der Waals surface area contributed by atoms with Gasteiger partial charge in [0.25, 0.3) is 0 Å². The third-order valence-electron chi connectivity index (χ3n) is 3.50. The molecule has 28 heavy (non-hydrogen) atoms. The zero-order valence-electron chi connectivity index (χ0n) is 15.2. The van der Waals surface area contributed by atoms with Crippen LogP contribution in [0.4, 0.5) is 29.5 Å². The predicted molar refractivity (Wildman–Crippen MR) is 98.6 cm³/mol. The van der Waals surface area contributed by atoms with Crippen LogP contribution in [0.1, 0.15) is 5.56 Å². The van der Waals surface area contributed by atoms with Crippen LogP contribution >= 0.6 is 0 Å². The van der Waals surface area contributed by atoms with Crippen molar-refractivity contribution in [3.8, 4) is 5.75 Å². The maximum atomic E-state index is 12.9. The standard InChI is InChI=1S/C18H21F3N4O3/c1-27-11-12-28-15-7-3-2-6-14(15)25-17(26)24-10-9-23-16-13(18(19,20)21)5-4-8-22-16/h2-8H,9-12H2,1H3,(H,22,23)(H2,24,25,26). The van der Waals surface area contributed by atoms with Crippen molar-refractivity contribution in [1.82, 2.24) is 10.3 Å². The number of methoxy groups -OCH3 is 1. The summed E-state index contributed by atoms with van der Waals surface area (Å²) >= 11 is 0. The first-order valence-electron chi connectivity index (χ1n) is 8.43. The molecule has 3 N–H and O–H groups in total. The summed E-state index contributed by atoms with van der Waals surface area (Å²) in [6.07, 6.45) is -3.24. The van der Waals surface area contributed by atoms with Gasteiger partial charge in [0.1, 0.15) is 18.2 Å². The van der Waals surface area contributed by atoms with Gasteiger partial charge in [0.15, 0.2) is 0 Å². The van der Waals surface area contributed by atoms with Crippen molar-refractivity contribution in [2.75, 3.05) is 44.0 Å². The first-order valence-corrected chi connectivity index (χ1v) is 8.43. The minimum absolute atomic E-state index is 0.0689. The fraction of sp³-hybridized carbons (Fsp3) is 0.333. The Labute approximate surface area is 160 Å². The van der Waals surface area contributed by atoms with Gasteiger partial charge in [-0.3, -0.25) is 0 Å². The molecule has 152 valence electrons. The van der Waals surface area contributed by atoms with Crippen LogP contribution < -0.4 is 20.7 Å². The van der Waals surface area contributed by atoms with E-state index in [4.69, 9.17) is 9.47 Å². The van der Waals surface area contributed by atoms with Crippen LogP contribution in [0, 0.1) is 0 Å². The van der Waals surface area contributed by atoms with Gasteiger partial charge in [-0.15, -0.1) is 0 Å². The summed E-state index contributed by atoms with van der Waals surface area (Å²) in [5.74, 6) is 0.199. The molecule has 0 bridgehead atoms. The van der Waals surface area contributed by atoms with Crippen LogP contribution in [-0.2, 0) is 10.9 Å². The summed E-state index contributed by atoms with van der Waals surface area (Å²) in [6.45, 7) is 0.887. The molecule has 0 unspecified atom stereocenters. The Balaban J connectivity index is 1.82. The molecule has 0 aliphatic heterocycles. The van der Waals surface area contributed by atoms with Gasteiger partial charge in [0.2, 0.25) is 0 Å². The maximum Gasteiger partial charge on any atom is 0.419 e. The number of nitrogens with zero attached hydrogens (tertiary/aromatic N) is 1. The largest absolute Gasteiger partial charge is 0.489 e. The number of ether oxygens (including phenoxy) is 2. The van der Waals surface area contributed by atoms with E-state index in [0.717, 1.165) is 6.07 Å². The minimum atomic E-state index is -4.51. The summed E-state index contributed by atoms with van der Waals surface area (Å²) in [6, 6.07) is 8.51. The zero-order valence-corrected chi connectivity index (χ0v) is 15.2. The maximum absolute atomic E-state index is 12.9. The minimum Gasteiger partial charge on any atom is -0.489 e. The van der Waals surface area contributed by atoms with Gasteiger partial charge in [-0.05, 0) is 24.3 Å². The number of alkyl halides is 3. The van der Waals surface area contributed by atoms with Crippen LogP contribution in [0.5, 0.6) is 5.75 Å². The average Bonchev–Trinajstić information content (AvgIpc) is 2.66. The third kappa shape index (κ3) is 6.62. The highest BCUT2D eigenvalue weighted by molar-refractivity contribution is 5.90. The van der Waals surface area contributed by atoms with Gasteiger partial charge in [0.05, 0.1) is 17.9 Å². The van der Waals surface area contributed by atoms with Crippen LogP contribution in [0.3, 0.4) is 0 Å². The molecule has 0 atom stereocenters. The molecule has 1 aromatic heterocycles. The molecule has 10 heteroatoms. The van der Waals surface area contributed by atoms with Crippen molar-refractivity contribution >= 4 is 17.5 Å². The molecule has 0 fully saturated rings. The van der Waals surface area contributed by atoms with Gasteiger partial charge in [0, 0.05) is 26.4 Å². The Morgan fingerprint density at radius 3 is 2.64 bits per heavy atom. The second-order valence-corrected chi connectivity index (χ2v) is 5.54. The second kappa shape index (κ2) is 10.4. The second-order valence-electron chi connectivity index (χ2n) is 5.54. The van der Waals surface area contributed by atoms with E-state index in [-0.39, 0.29) is 18.9 Å². The number of amides is 2. The van der Waals surface area contributed by atoms with E-state index in [9.17, 15) is 18.0 Å². The highest BCUT2D eigenvalue weighted by atomic mass is 19.4. The quantitative estimate of drug-likeness (QED) is 0.564. The number of pyridine rings is 1. The SMILES string of the molecule is COCCOc1ccccc1NC(=O)NCCNc1ncccc1C(F)(F)F. The lowest BCUT2D eigenvalue weighted by atomic mass is 10.2. The molecule has 1 aromatic carbocycles. The average molecular weight is 398 g/mol. The molecule has 0 spiro atoms. The number of urea groups is 1. The van der Waals surface area contributed by atoms with Crippen LogP contribution in [0.25, 0.3) is 0 Å². The lowest BCUT2D eigenvalue weighted by molar-refractivity contribution is -0.137. The van der Waals surface area contributed by atoms with Crippen LogP contribution in [0.2, 0.25) is 0 Å². The Bertz CT molecular complexity index is 772. The molecule has 2 aromatic rings. The number of halogens is 3. The van der Waals surface area contributed by atoms with Crippen molar-refractivity contribution in [3.63, 3.8) is 0 Å². The number of hydrogen-bond donors (Lipinski definition) is 3. The van der Waals surface area contributed by atoms with E-state index in [1.54, 1.807) is 31.4 Å². The molecule has 0 aliphatic rings. The normalized spacial score (nSPS) is 11.0. The number of carbonyl (C=O) groups is 1. The summed E-state index contributed by atoms with van der Waals surface area (Å²) in [5.41, 5.74) is -0.394.